The van der Waals surface area contributed by atoms with Crippen molar-refractivity contribution in [3.63, 3.8) is 0 Å². The van der Waals surface area contributed by atoms with Crippen LogP contribution >= 0.6 is 22.9 Å². The summed E-state index contributed by atoms with van der Waals surface area (Å²) >= 11 is 7.17. The zero-order chi connectivity index (χ0) is 22.0. The number of thiophene rings is 1. The van der Waals surface area contributed by atoms with Gasteiger partial charge in [-0.25, -0.2) is 8.42 Å². The molecule has 31 heavy (non-hydrogen) atoms. The summed E-state index contributed by atoms with van der Waals surface area (Å²) in [6, 6.07) is 16.0. The molecule has 2 heterocycles. The van der Waals surface area contributed by atoms with E-state index in [2.05, 4.69) is 5.32 Å². The van der Waals surface area contributed by atoms with Crippen LogP contribution in [0.4, 0.5) is 5.69 Å². The van der Waals surface area contributed by atoms with Crippen molar-refractivity contribution in [1.82, 2.24) is 5.32 Å². The van der Waals surface area contributed by atoms with Crippen molar-refractivity contribution in [1.29, 1.82) is 0 Å². The molecule has 4 rings (SSSR count). The van der Waals surface area contributed by atoms with E-state index >= 15 is 0 Å². The van der Waals surface area contributed by atoms with Crippen LogP contribution in [0.3, 0.4) is 0 Å². The maximum Gasteiger partial charge on any atom is 0.270 e. The number of nitrogens with zero attached hydrogens (tertiary/aromatic N) is 1. The second-order valence-corrected chi connectivity index (χ2v) is 10.0. The van der Waals surface area contributed by atoms with Gasteiger partial charge in [0.15, 0.2) is 4.91 Å². The zero-order valence-electron chi connectivity index (χ0n) is 16.5. The fourth-order valence-corrected chi connectivity index (χ4v) is 5.89. The predicted octanol–water partition coefficient (Wildman–Crippen LogP) is 4.57. The number of Topliss-reactive ketones (excluding diaryl/α,β-unsaturated/α-hetero) is 1. The molecule has 0 aliphatic carbocycles. The average molecular weight is 475 g/mol. The van der Waals surface area contributed by atoms with Gasteiger partial charge in [-0.15, -0.1) is 11.3 Å². The van der Waals surface area contributed by atoms with E-state index in [9.17, 15) is 13.2 Å². The quantitative estimate of drug-likeness (QED) is 0.529. The Bertz CT molecular complexity index is 1250. The third kappa shape index (κ3) is 4.32. The van der Waals surface area contributed by atoms with Gasteiger partial charge in [0.1, 0.15) is 10.6 Å². The second-order valence-electron chi connectivity index (χ2n) is 6.84. The largest absolute Gasteiger partial charge is 0.497 e. The molecule has 6 nitrogen and oxygen atoms in total. The van der Waals surface area contributed by atoms with Crippen LogP contribution in [0.25, 0.3) is 0 Å². The first-order chi connectivity index (χ1) is 14.9. The summed E-state index contributed by atoms with van der Waals surface area (Å²) in [7, 11) is -2.46. The first-order valence-corrected chi connectivity index (χ1v) is 12.1. The first kappa shape index (κ1) is 21.4. The third-order valence-corrected chi connectivity index (χ3v) is 7.74. The van der Waals surface area contributed by atoms with Crippen LogP contribution in [0.15, 0.2) is 71.1 Å². The lowest BCUT2D eigenvalue weighted by Gasteiger charge is -2.29. The molecule has 0 spiro atoms. The number of hydrogen-bond donors (Lipinski definition) is 1. The van der Waals surface area contributed by atoms with Gasteiger partial charge >= 0.3 is 0 Å². The Morgan fingerprint density at radius 1 is 1.13 bits per heavy atom. The van der Waals surface area contributed by atoms with E-state index in [0.29, 0.717) is 27.9 Å². The van der Waals surface area contributed by atoms with E-state index in [1.54, 1.807) is 42.8 Å². The molecule has 0 bridgehead atoms. The standard InChI is InChI=1S/C22H19ClN2O4S2/c1-29-18-4-2-3-16(11-18)12-24-13-20-21(26)22-19(9-10-30-22)25(31(20,27)28)14-15-5-7-17(23)8-6-15/h2-11,13,24H,12,14H2,1H3/b20-13-. The molecule has 1 aromatic heterocycles. The summed E-state index contributed by atoms with van der Waals surface area (Å²) in [4.78, 5) is 13.1. The number of anilines is 1. The molecular formula is C22H19ClN2O4S2. The lowest BCUT2D eigenvalue weighted by Crippen LogP contribution is -2.38. The Morgan fingerprint density at radius 2 is 1.90 bits per heavy atom. The summed E-state index contributed by atoms with van der Waals surface area (Å²) in [5.41, 5.74) is 2.06. The number of sulfonamides is 1. The Labute approximate surface area is 189 Å². The molecule has 160 valence electrons. The van der Waals surface area contributed by atoms with Crippen LogP contribution < -0.4 is 14.4 Å². The number of rotatable bonds is 6. The smallest absolute Gasteiger partial charge is 0.270 e. The Morgan fingerprint density at radius 3 is 2.65 bits per heavy atom. The van der Waals surface area contributed by atoms with Gasteiger partial charge in [0, 0.05) is 17.8 Å². The zero-order valence-corrected chi connectivity index (χ0v) is 18.9. The maximum absolute atomic E-state index is 13.4. The lowest BCUT2D eigenvalue weighted by atomic mass is 10.2. The summed E-state index contributed by atoms with van der Waals surface area (Å²) in [6.07, 6.45) is 1.29. The topological polar surface area (TPSA) is 75.7 Å². The van der Waals surface area contributed by atoms with Crippen LogP contribution in [0, 0.1) is 0 Å². The van der Waals surface area contributed by atoms with Crippen molar-refractivity contribution < 1.29 is 17.9 Å². The van der Waals surface area contributed by atoms with Crippen LogP contribution in [0.1, 0.15) is 20.8 Å². The second kappa shape index (κ2) is 8.74. The number of carbonyl (C=O) groups excluding carboxylic acids is 1. The molecule has 0 atom stereocenters. The average Bonchev–Trinajstić information content (AvgIpc) is 3.25. The minimum atomic E-state index is -4.04. The minimum Gasteiger partial charge on any atom is -0.497 e. The Kier molecular flexibility index (Phi) is 6.04. The normalized spacial score (nSPS) is 16.3. The SMILES string of the molecule is COc1cccc(CN/C=C2/C(=O)c3sccc3N(Cc3ccc(Cl)cc3)S2(=O)=O)c1. The van der Waals surface area contributed by atoms with Crippen LogP contribution in [-0.4, -0.2) is 21.3 Å². The summed E-state index contributed by atoms with van der Waals surface area (Å²) < 4.78 is 33.2. The van der Waals surface area contributed by atoms with E-state index in [4.69, 9.17) is 16.3 Å². The summed E-state index contributed by atoms with van der Waals surface area (Å²) in [5, 5.41) is 5.26. The molecule has 0 amide bonds. The minimum absolute atomic E-state index is 0.101. The molecule has 1 N–H and O–H groups in total. The fourth-order valence-electron chi connectivity index (χ4n) is 3.26. The van der Waals surface area contributed by atoms with E-state index < -0.39 is 15.8 Å². The highest BCUT2D eigenvalue weighted by Gasteiger charge is 2.41. The number of carbonyl (C=O) groups is 1. The molecule has 0 radical (unpaired) electrons. The van der Waals surface area contributed by atoms with Gasteiger partial charge in [-0.05, 0) is 46.8 Å². The fraction of sp³-hybridized carbons (Fsp3) is 0.136. The van der Waals surface area contributed by atoms with Gasteiger partial charge in [0.2, 0.25) is 5.78 Å². The first-order valence-electron chi connectivity index (χ1n) is 9.36. The van der Waals surface area contributed by atoms with Gasteiger partial charge in [-0.2, -0.15) is 0 Å². The van der Waals surface area contributed by atoms with Gasteiger partial charge in [-0.1, -0.05) is 35.9 Å². The van der Waals surface area contributed by atoms with Crippen molar-refractivity contribution in [3.05, 3.63) is 92.1 Å². The maximum atomic E-state index is 13.4. The van der Waals surface area contributed by atoms with Gasteiger partial charge < -0.3 is 10.1 Å². The Hall–Kier alpha value is -2.81. The number of ether oxygens (including phenoxy) is 1. The highest BCUT2D eigenvalue weighted by atomic mass is 35.5. The molecule has 9 heteroatoms. The number of ketones is 1. The number of hydrogen-bond acceptors (Lipinski definition) is 6. The number of methoxy groups -OCH3 is 1. The molecule has 0 saturated carbocycles. The molecule has 2 aromatic carbocycles. The van der Waals surface area contributed by atoms with Crippen LogP contribution in [0.5, 0.6) is 5.75 Å². The summed E-state index contributed by atoms with van der Waals surface area (Å²) in [5.74, 6) is 0.196. The summed E-state index contributed by atoms with van der Waals surface area (Å²) in [6.45, 7) is 0.446. The van der Waals surface area contributed by atoms with Gasteiger partial charge in [0.25, 0.3) is 10.0 Å². The van der Waals surface area contributed by atoms with Crippen molar-refractivity contribution in [3.8, 4) is 5.75 Å². The van der Waals surface area contributed by atoms with Crippen molar-refractivity contribution in [2.24, 2.45) is 0 Å². The molecule has 0 fully saturated rings. The van der Waals surface area contributed by atoms with Crippen LogP contribution in [0.2, 0.25) is 5.02 Å². The van der Waals surface area contributed by atoms with Crippen molar-refractivity contribution >= 4 is 44.4 Å². The van der Waals surface area contributed by atoms with E-state index in [1.807, 2.05) is 24.3 Å². The molecule has 1 aliphatic heterocycles. The number of fused-ring (bicyclic) bond motifs is 1. The molecule has 0 unspecified atom stereocenters. The Balaban J connectivity index is 1.64. The molecule has 1 aliphatic rings. The third-order valence-electron chi connectivity index (χ3n) is 4.82. The monoisotopic (exact) mass is 474 g/mol. The van der Waals surface area contributed by atoms with Crippen LogP contribution in [-0.2, 0) is 23.1 Å². The molecule has 0 saturated heterocycles. The number of allylic oxidation sites excluding steroid dienone is 1. The number of nitrogens with one attached hydrogen (secondary N) is 1. The highest BCUT2D eigenvalue weighted by molar-refractivity contribution is 7.97. The van der Waals surface area contributed by atoms with Gasteiger partial charge in [-0.3, -0.25) is 9.10 Å². The number of benzene rings is 2. The molecular weight excluding hydrogens is 456 g/mol. The predicted molar refractivity (Wildman–Crippen MR) is 123 cm³/mol. The van der Waals surface area contributed by atoms with E-state index in [1.165, 1.54) is 21.8 Å². The number of halogens is 1. The van der Waals surface area contributed by atoms with E-state index in [0.717, 1.165) is 11.1 Å². The highest BCUT2D eigenvalue weighted by Crippen LogP contribution is 2.39. The van der Waals surface area contributed by atoms with Gasteiger partial charge in [0.05, 0.1) is 19.3 Å². The van der Waals surface area contributed by atoms with Crippen molar-refractivity contribution in [2.45, 2.75) is 13.1 Å². The molecule has 3 aromatic rings. The van der Waals surface area contributed by atoms with E-state index in [-0.39, 0.29) is 11.4 Å². The van der Waals surface area contributed by atoms with Crippen molar-refractivity contribution in [2.75, 3.05) is 11.4 Å². The lowest BCUT2D eigenvalue weighted by molar-refractivity contribution is 0.104.